The van der Waals surface area contributed by atoms with Crippen LogP contribution in [0.4, 0.5) is 5.82 Å². The van der Waals surface area contributed by atoms with E-state index in [9.17, 15) is 4.79 Å². The van der Waals surface area contributed by atoms with E-state index in [0.29, 0.717) is 12.6 Å². The predicted molar refractivity (Wildman–Crippen MR) is 87.2 cm³/mol. The maximum Gasteiger partial charge on any atom is 0.227 e. The van der Waals surface area contributed by atoms with Gasteiger partial charge < -0.3 is 10.2 Å². The van der Waals surface area contributed by atoms with Gasteiger partial charge in [0.1, 0.15) is 12.1 Å². The quantitative estimate of drug-likeness (QED) is 0.883. The molecule has 1 heterocycles. The monoisotopic (exact) mass is 354 g/mol. The Bertz CT molecular complexity index is 500. The summed E-state index contributed by atoms with van der Waals surface area (Å²) in [5, 5.41) is 2.76. The first-order valence-corrected chi connectivity index (χ1v) is 8.19. The Morgan fingerprint density at radius 1 is 1.48 bits per heavy atom. The number of hydrogen-bond acceptors (Lipinski definition) is 4. The minimum absolute atomic E-state index is 0.0516. The number of amides is 1. The van der Waals surface area contributed by atoms with Crippen LogP contribution in [0.2, 0.25) is 0 Å². The minimum Gasteiger partial charge on any atom is -0.359 e. The lowest BCUT2D eigenvalue weighted by Gasteiger charge is -2.36. The Morgan fingerprint density at radius 2 is 2.14 bits per heavy atom. The lowest BCUT2D eigenvalue weighted by Crippen LogP contribution is -2.47. The highest BCUT2D eigenvalue weighted by Crippen LogP contribution is 2.33. The second kappa shape index (κ2) is 6.73. The molecule has 1 aliphatic rings. The largest absolute Gasteiger partial charge is 0.359 e. The third-order valence-corrected chi connectivity index (χ3v) is 4.65. The number of carbonyl (C=O) groups excluding carboxylic acids is 1. The van der Waals surface area contributed by atoms with Gasteiger partial charge in [-0.05, 0) is 42.6 Å². The highest BCUT2D eigenvalue weighted by Gasteiger charge is 2.34. The van der Waals surface area contributed by atoms with Crippen LogP contribution in [0.3, 0.4) is 0 Å². The fourth-order valence-electron chi connectivity index (χ4n) is 2.95. The normalized spacial score (nSPS) is 16.0. The number of nitrogens with zero attached hydrogens (tertiary/aromatic N) is 3. The summed E-state index contributed by atoms with van der Waals surface area (Å²) in [5.41, 5.74) is -0.471. The van der Waals surface area contributed by atoms with Crippen LogP contribution in [-0.2, 0) is 4.79 Å². The molecule has 6 heteroatoms. The number of carbonyl (C=O) groups is 1. The van der Waals surface area contributed by atoms with Crippen LogP contribution in [0.25, 0.3) is 0 Å². The van der Waals surface area contributed by atoms with Crippen molar-refractivity contribution in [3.63, 3.8) is 0 Å². The number of hydrogen-bond donors (Lipinski definition) is 1. The molecule has 1 aliphatic carbocycles. The summed E-state index contributed by atoms with van der Waals surface area (Å²) in [6.07, 6.45) is 8.11. The average molecular weight is 355 g/mol. The number of halogens is 1. The van der Waals surface area contributed by atoms with Gasteiger partial charge in [-0.25, -0.2) is 9.97 Å². The van der Waals surface area contributed by atoms with Crippen molar-refractivity contribution in [2.45, 2.75) is 45.6 Å². The first kappa shape index (κ1) is 16.2. The second-order valence-electron chi connectivity index (χ2n) is 6.22. The van der Waals surface area contributed by atoms with Crippen molar-refractivity contribution < 1.29 is 4.79 Å². The van der Waals surface area contributed by atoms with Gasteiger partial charge >= 0.3 is 0 Å². The van der Waals surface area contributed by atoms with E-state index in [1.54, 1.807) is 19.6 Å². The molecule has 5 nitrogen and oxygen atoms in total. The summed E-state index contributed by atoms with van der Waals surface area (Å²) in [6.45, 7) is 4.60. The second-order valence-corrected chi connectivity index (χ2v) is 7.08. The maximum absolute atomic E-state index is 12.1. The highest BCUT2D eigenvalue weighted by atomic mass is 79.9. The smallest absolute Gasteiger partial charge is 0.227 e. The van der Waals surface area contributed by atoms with Gasteiger partial charge in [-0.2, -0.15) is 0 Å². The summed E-state index contributed by atoms with van der Waals surface area (Å²) >= 11 is 3.54. The van der Waals surface area contributed by atoms with Crippen LogP contribution in [-0.4, -0.2) is 35.5 Å². The van der Waals surface area contributed by atoms with Crippen molar-refractivity contribution in [1.82, 2.24) is 15.3 Å². The summed E-state index contributed by atoms with van der Waals surface area (Å²) in [6, 6.07) is 0.445. The molecule has 21 heavy (non-hydrogen) atoms. The summed E-state index contributed by atoms with van der Waals surface area (Å²) in [5.74, 6) is 0.935. The van der Waals surface area contributed by atoms with Crippen molar-refractivity contribution in [3.8, 4) is 0 Å². The summed E-state index contributed by atoms with van der Waals surface area (Å²) in [4.78, 5) is 22.9. The molecule has 1 aromatic rings. The third kappa shape index (κ3) is 3.73. The topological polar surface area (TPSA) is 58.1 Å². The lowest BCUT2D eigenvalue weighted by atomic mass is 9.90. The molecule has 0 aromatic carbocycles. The van der Waals surface area contributed by atoms with Crippen molar-refractivity contribution in [1.29, 1.82) is 0 Å². The average Bonchev–Trinajstić information content (AvgIpc) is 2.98. The molecule has 0 saturated heterocycles. The standard InChI is InChI=1S/C15H23BrN4O/c1-15(2,14(21)17-3)9-20(11-6-4-5-7-11)13-12(16)8-18-10-19-13/h8,10-11H,4-7,9H2,1-3H3,(H,17,21). The van der Waals surface area contributed by atoms with Gasteiger partial charge in [-0.3, -0.25) is 4.79 Å². The van der Waals surface area contributed by atoms with Gasteiger partial charge in [0.2, 0.25) is 5.91 Å². The summed E-state index contributed by atoms with van der Waals surface area (Å²) < 4.78 is 0.879. The van der Waals surface area contributed by atoms with E-state index >= 15 is 0 Å². The highest BCUT2D eigenvalue weighted by molar-refractivity contribution is 9.10. The van der Waals surface area contributed by atoms with Crippen LogP contribution in [0.1, 0.15) is 39.5 Å². The molecule has 0 bridgehead atoms. The van der Waals surface area contributed by atoms with Gasteiger partial charge in [-0.1, -0.05) is 12.8 Å². The van der Waals surface area contributed by atoms with Gasteiger partial charge in [0.15, 0.2) is 0 Å². The SMILES string of the molecule is CNC(=O)C(C)(C)CN(c1ncncc1Br)C1CCCC1. The van der Waals surface area contributed by atoms with E-state index in [1.807, 2.05) is 13.8 Å². The fraction of sp³-hybridized carbons (Fsp3) is 0.667. The van der Waals surface area contributed by atoms with E-state index in [0.717, 1.165) is 23.1 Å². The molecule has 0 spiro atoms. The molecule has 0 radical (unpaired) electrons. The van der Waals surface area contributed by atoms with Crippen LogP contribution < -0.4 is 10.2 Å². The zero-order valence-corrected chi connectivity index (χ0v) is 14.5. The molecule has 1 amide bonds. The van der Waals surface area contributed by atoms with Gasteiger partial charge in [0.25, 0.3) is 0 Å². The van der Waals surface area contributed by atoms with Gasteiger partial charge in [0, 0.05) is 25.8 Å². The molecule has 1 fully saturated rings. The Morgan fingerprint density at radius 3 is 2.71 bits per heavy atom. The van der Waals surface area contributed by atoms with Crippen molar-refractivity contribution in [2.24, 2.45) is 5.41 Å². The Kier molecular flexibility index (Phi) is 5.19. The number of nitrogens with one attached hydrogen (secondary N) is 1. The van der Waals surface area contributed by atoms with E-state index < -0.39 is 5.41 Å². The molecule has 1 N–H and O–H groups in total. The molecule has 1 saturated carbocycles. The zero-order chi connectivity index (χ0) is 15.5. The molecule has 116 valence electrons. The predicted octanol–water partition coefficient (Wildman–Crippen LogP) is 2.76. The molecule has 0 aliphatic heterocycles. The van der Waals surface area contributed by atoms with Crippen molar-refractivity contribution in [3.05, 3.63) is 17.0 Å². The maximum atomic E-state index is 12.1. The van der Waals surface area contributed by atoms with Crippen LogP contribution in [0.5, 0.6) is 0 Å². The van der Waals surface area contributed by atoms with E-state index in [1.165, 1.54) is 12.8 Å². The zero-order valence-electron chi connectivity index (χ0n) is 12.9. The Balaban J connectivity index is 2.29. The minimum atomic E-state index is -0.471. The number of aromatic nitrogens is 2. The van der Waals surface area contributed by atoms with Crippen LogP contribution in [0.15, 0.2) is 17.0 Å². The molecular formula is C15H23BrN4O. The van der Waals surface area contributed by atoms with Crippen molar-refractivity contribution >= 4 is 27.7 Å². The third-order valence-electron chi connectivity index (χ3n) is 4.09. The summed E-state index contributed by atoms with van der Waals surface area (Å²) in [7, 11) is 1.69. The Hall–Kier alpha value is -1.17. The number of anilines is 1. The number of rotatable bonds is 5. The van der Waals surface area contributed by atoms with E-state index in [4.69, 9.17) is 0 Å². The molecule has 2 rings (SSSR count). The van der Waals surface area contributed by atoms with E-state index in [2.05, 4.69) is 36.1 Å². The first-order valence-electron chi connectivity index (χ1n) is 7.40. The molecular weight excluding hydrogens is 332 g/mol. The lowest BCUT2D eigenvalue weighted by molar-refractivity contribution is -0.128. The van der Waals surface area contributed by atoms with Crippen molar-refractivity contribution in [2.75, 3.05) is 18.5 Å². The Labute approximate surface area is 134 Å². The van der Waals surface area contributed by atoms with Crippen LogP contribution >= 0.6 is 15.9 Å². The van der Waals surface area contributed by atoms with Gasteiger partial charge in [-0.15, -0.1) is 0 Å². The molecule has 0 unspecified atom stereocenters. The molecule has 1 aromatic heterocycles. The van der Waals surface area contributed by atoms with E-state index in [-0.39, 0.29) is 5.91 Å². The van der Waals surface area contributed by atoms with Gasteiger partial charge in [0.05, 0.1) is 9.89 Å². The first-order chi connectivity index (χ1) is 9.95. The van der Waals surface area contributed by atoms with Crippen LogP contribution in [0, 0.1) is 5.41 Å². The molecule has 0 atom stereocenters. The fourth-order valence-corrected chi connectivity index (χ4v) is 3.39.